The number of fused-ring (bicyclic) bond motifs is 3. The Morgan fingerprint density at radius 1 is 0.850 bits per heavy atom. The molecule has 0 fully saturated rings. The van der Waals surface area contributed by atoms with Gasteiger partial charge in [0, 0.05) is 19.0 Å². The van der Waals surface area contributed by atoms with Gasteiger partial charge in [-0.3, -0.25) is 4.79 Å². The molecule has 0 aliphatic heterocycles. The molecule has 0 spiro atoms. The SMILES string of the molecule is CC(C)(C)OC(=O)NCC#Cc1ccc(C(=O)NCCCNC(=O)OCC2c3ccccc3-c3ccccc32)o1. The van der Waals surface area contributed by atoms with Gasteiger partial charge in [0.05, 0.1) is 6.54 Å². The van der Waals surface area contributed by atoms with Crippen molar-refractivity contribution in [2.45, 2.75) is 38.7 Å². The zero-order chi connectivity index (χ0) is 28.5. The quantitative estimate of drug-likeness (QED) is 0.277. The highest BCUT2D eigenvalue weighted by Gasteiger charge is 2.29. The van der Waals surface area contributed by atoms with Crippen LogP contribution in [-0.4, -0.2) is 49.9 Å². The molecule has 2 aromatic carbocycles. The van der Waals surface area contributed by atoms with Crippen molar-refractivity contribution in [2.75, 3.05) is 26.2 Å². The van der Waals surface area contributed by atoms with Gasteiger partial charge in [-0.1, -0.05) is 54.5 Å². The van der Waals surface area contributed by atoms with E-state index in [2.05, 4.69) is 52.1 Å². The molecule has 40 heavy (non-hydrogen) atoms. The zero-order valence-corrected chi connectivity index (χ0v) is 22.8. The number of nitrogens with one attached hydrogen (secondary N) is 3. The Bertz CT molecular complexity index is 1380. The summed E-state index contributed by atoms with van der Waals surface area (Å²) in [5.74, 6) is 5.51. The monoisotopic (exact) mass is 543 g/mol. The van der Waals surface area contributed by atoms with E-state index in [1.807, 2.05) is 24.3 Å². The van der Waals surface area contributed by atoms with Crippen molar-refractivity contribution in [3.8, 4) is 23.0 Å². The topological polar surface area (TPSA) is 119 Å². The Hall–Kier alpha value is -4.71. The highest BCUT2D eigenvalue weighted by Crippen LogP contribution is 2.44. The molecule has 1 aliphatic carbocycles. The van der Waals surface area contributed by atoms with E-state index in [0.717, 1.165) is 11.1 Å². The van der Waals surface area contributed by atoms with Gasteiger partial charge in [0.15, 0.2) is 11.5 Å². The number of hydrogen-bond acceptors (Lipinski definition) is 6. The molecule has 3 aromatic rings. The molecule has 0 atom stereocenters. The molecular weight excluding hydrogens is 510 g/mol. The maximum atomic E-state index is 12.3. The van der Waals surface area contributed by atoms with Crippen LogP contribution in [0, 0.1) is 11.8 Å². The van der Waals surface area contributed by atoms with E-state index in [1.54, 1.807) is 26.8 Å². The molecule has 3 amide bonds. The minimum absolute atomic E-state index is 0.00144. The number of furan rings is 1. The third-order valence-corrected chi connectivity index (χ3v) is 6.01. The lowest BCUT2D eigenvalue weighted by molar-refractivity contribution is 0.0534. The standard InChI is InChI=1S/C31H33N3O6/c1-31(2,3)40-30(37)34-17-8-10-21-15-16-27(39-21)28(35)32-18-9-19-33-29(36)38-20-26-24-13-6-4-11-22(24)23-12-5-7-14-25(23)26/h4-7,11-16,26H,9,17-20H2,1-3H3,(H,32,35)(H,33,36)(H,34,37). The zero-order valence-electron chi connectivity index (χ0n) is 22.8. The van der Waals surface area contributed by atoms with Gasteiger partial charge in [-0.2, -0.15) is 0 Å². The van der Waals surface area contributed by atoms with E-state index in [4.69, 9.17) is 13.9 Å². The summed E-state index contributed by atoms with van der Waals surface area (Å²) in [5.41, 5.74) is 4.08. The Balaban J connectivity index is 1.13. The van der Waals surface area contributed by atoms with Gasteiger partial charge >= 0.3 is 12.2 Å². The lowest BCUT2D eigenvalue weighted by Crippen LogP contribution is -2.32. The molecule has 3 N–H and O–H groups in total. The van der Waals surface area contributed by atoms with Crippen molar-refractivity contribution in [1.29, 1.82) is 0 Å². The van der Waals surface area contributed by atoms with E-state index in [0.29, 0.717) is 25.3 Å². The van der Waals surface area contributed by atoms with Gasteiger partial charge < -0.3 is 29.8 Å². The largest absolute Gasteiger partial charge is 0.449 e. The van der Waals surface area contributed by atoms with Crippen LogP contribution in [0.4, 0.5) is 9.59 Å². The van der Waals surface area contributed by atoms with E-state index < -0.39 is 17.8 Å². The average molecular weight is 544 g/mol. The first-order chi connectivity index (χ1) is 19.2. The number of carbonyl (C=O) groups excluding carboxylic acids is 3. The van der Waals surface area contributed by atoms with Gasteiger partial charge in [0.1, 0.15) is 12.2 Å². The first-order valence-corrected chi connectivity index (χ1v) is 13.1. The number of amides is 3. The molecule has 0 saturated carbocycles. The van der Waals surface area contributed by atoms with Crippen molar-refractivity contribution in [1.82, 2.24) is 16.0 Å². The summed E-state index contributed by atoms with van der Waals surface area (Å²) in [6.45, 7) is 6.32. The maximum Gasteiger partial charge on any atom is 0.408 e. The molecule has 1 heterocycles. The molecule has 4 rings (SSSR count). The van der Waals surface area contributed by atoms with Crippen LogP contribution in [0.3, 0.4) is 0 Å². The van der Waals surface area contributed by atoms with E-state index in [-0.39, 0.29) is 30.7 Å². The smallest absolute Gasteiger partial charge is 0.408 e. The summed E-state index contributed by atoms with van der Waals surface area (Å²) >= 11 is 0. The Morgan fingerprint density at radius 3 is 2.17 bits per heavy atom. The fraction of sp³-hybridized carbons (Fsp3) is 0.323. The minimum Gasteiger partial charge on any atom is -0.449 e. The van der Waals surface area contributed by atoms with Crippen LogP contribution >= 0.6 is 0 Å². The Labute approximate surface area is 233 Å². The van der Waals surface area contributed by atoms with Gasteiger partial charge in [-0.15, -0.1) is 0 Å². The van der Waals surface area contributed by atoms with E-state index in [1.165, 1.54) is 17.2 Å². The predicted molar refractivity (Wildman–Crippen MR) is 150 cm³/mol. The van der Waals surface area contributed by atoms with Crippen LogP contribution < -0.4 is 16.0 Å². The average Bonchev–Trinajstić information content (AvgIpc) is 3.52. The van der Waals surface area contributed by atoms with Crippen LogP contribution in [0.1, 0.15) is 60.6 Å². The predicted octanol–water partition coefficient (Wildman–Crippen LogP) is 4.81. The summed E-state index contributed by atoms with van der Waals surface area (Å²) in [5, 5.41) is 7.99. The van der Waals surface area contributed by atoms with Crippen LogP contribution in [0.25, 0.3) is 11.1 Å². The number of ether oxygens (including phenoxy) is 2. The number of hydrogen-bond donors (Lipinski definition) is 3. The molecule has 0 saturated heterocycles. The fourth-order valence-electron chi connectivity index (χ4n) is 4.31. The normalized spacial score (nSPS) is 11.9. The Kier molecular flexibility index (Phi) is 9.12. The van der Waals surface area contributed by atoms with Crippen LogP contribution in [0.15, 0.2) is 65.1 Å². The number of benzene rings is 2. The van der Waals surface area contributed by atoms with Crippen LogP contribution in [0.2, 0.25) is 0 Å². The van der Waals surface area contributed by atoms with Gasteiger partial charge in [-0.25, -0.2) is 9.59 Å². The van der Waals surface area contributed by atoms with Crippen molar-refractivity contribution in [3.63, 3.8) is 0 Å². The summed E-state index contributed by atoms with van der Waals surface area (Å²) in [6.07, 6.45) is -0.544. The van der Waals surface area contributed by atoms with Gasteiger partial charge in [-0.05, 0) is 67.5 Å². The molecule has 1 aliphatic rings. The highest BCUT2D eigenvalue weighted by atomic mass is 16.6. The maximum absolute atomic E-state index is 12.3. The third-order valence-electron chi connectivity index (χ3n) is 6.01. The molecule has 0 bridgehead atoms. The highest BCUT2D eigenvalue weighted by molar-refractivity contribution is 5.91. The second kappa shape index (κ2) is 12.9. The number of carbonyl (C=O) groups is 3. The van der Waals surface area contributed by atoms with Crippen molar-refractivity contribution in [3.05, 3.63) is 83.3 Å². The minimum atomic E-state index is -0.587. The first kappa shape index (κ1) is 28.3. The molecule has 9 heteroatoms. The van der Waals surface area contributed by atoms with E-state index >= 15 is 0 Å². The molecule has 0 radical (unpaired) electrons. The lowest BCUT2D eigenvalue weighted by atomic mass is 9.98. The second-order valence-corrected chi connectivity index (χ2v) is 10.2. The molecule has 208 valence electrons. The summed E-state index contributed by atoms with van der Waals surface area (Å²) < 4.78 is 16.1. The van der Waals surface area contributed by atoms with E-state index in [9.17, 15) is 14.4 Å². The summed E-state index contributed by atoms with van der Waals surface area (Å²) in [7, 11) is 0. The molecular formula is C31H33N3O6. The molecule has 9 nitrogen and oxygen atoms in total. The number of alkyl carbamates (subject to hydrolysis) is 2. The summed E-state index contributed by atoms with van der Waals surface area (Å²) in [6, 6.07) is 19.4. The Morgan fingerprint density at radius 2 is 1.50 bits per heavy atom. The molecule has 1 aromatic heterocycles. The van der Waals surface area contributed by atoms with Gasteiger partial charge in [0.25, 0.3) is 5.91 Å². The molecule has 0 unspecified atom stereocenters. The van der Waals surface area contributed by atoms with Crippen LogP contribution in [0.5, 0.6) is 0 Å². The fourth-order valence-corrected chi connectivity index (χ4v) is 4.31. The van der Waals surface area contributed by atoms with Crippen molar-refractivity contribution in [2.24, 2.45) is 0 Å². The summed E-state index contributed by atoms with van der Waals surface area (Å²) in [4.78, 5) is 36.2. The first-order valence-electron chi connectivity index (χ1n) is 13.1. The van der Waals surface area contributed by atoms with Crippen LogP contribution in [-0.2, 0) is 9.47 Å². The number of rotatable bonds is 8. The van der Waals surface area contributed by atoms with Crippen molar-refractivity contribution < 1.29 is 28.3 Å². The van der Waals surface area contributed by atoms with Crippen molar-refractivity contribution >= 4 is 18.1 Å². The van der Waals surface area contributed by atoms with Gasteiger partial charge in [0.2, 0.25) is 0 Å². The lowest BCUT2D eigenvalue weighted by Gasteiger charge is -2.18. The third kappa shape index (κ3) is 7.67. The second-order valence-electron chi connectivity index (χ2n) is 10.2.